The van der Waals surface area contributed by atoms with Gasteiger partial charge in [0, 0.05) is 19.5 Å². The Balaban J connectivity index is 1.40. The van der Waals surface area contributed by atoms with Crippen molar-refractivity contribution < 1.29 is 9.63 Å². The van der Waals surface area contributed by atoms with Crippen molar-refractivity contribution in [2.75, 3.05) is 19.6 Å². The third-order valence-electron chi connectivity index (χ3n) is 4.74. The average Bonchev–Trinajstić information content (AvgIpc) is 3.09. The Kier molecular flexibility index (Phi) is 5.16. The Hall–Kier alpha value is -2.04. The van der Waals surface area contributed by atoms with Gasteiger partial charge in [0.2, 0.25) is 0 Å². The summed E-state index contributed by atoms with van der Waals surface area (Å²) in [5, 5.41) is 7.00. The summed E-state index contributed by atoms with van der Waals surface area (Å²) in [7, 11) is 0. The van der Waals surface area contributed by atoms with E-state index in [2.05, 4.69) is 41.7 Å². The van der Waals surface area contributed by atoms with Crippen LogP contribution in [0, 0.1) is 0 Å². The molecule has 0 spiro atoms. The zero-order valence-electron chi connectivity index (χ0n) is 13.7. The molecule has 3 rings (SSSR count). The van der Waals surface area contributed by atoms with E-state index in [0.717, 1.165) is 44.5 Å². The molecule has 1 saturated heterocycles. The van der Waals surface area contributed by atoms with Gasteiger partial charge in [-0.05, 0) is 30.7 Å². The molecule has 1 aromatic carbocycles. The fourth-order valence-corrected chi connectivity index (χ4v) is 3.26. The van der Waals surface area contributed by atoms with Crippen LogP contribution in [0.15, 0.2) is 35.5 Å². The van der Waals surface area contributed by atoms with Gasteiger partial charge < -0.3 is 15.1 Å². The molecule has 0 saturated carbocycles. The molecule has 0 aliphatic carbocycles. The zero-order valence-corrected chi connectivity index (χ0v) is 13.7. The zero-order chi connectivity index (χ0) is 16.1. The van der Waals surface area contributed by atoms with Crippen LogP contribution >= 0.6 is 0 Å². The van der Waals surface area contributed by atoms with Gasteiger partial charge in [0.25, 0.3) is 0 Å². The molecule has 2 amide bonds. The molecule has 0 radical (unpaired) electrons. The summed E-state index contributed by atoms with van der Waals surface area (Å²) in [6.07, 6.45) is 3.79. The second-order valence-corrected chi connectivity index (χ2v) is 6.30. The summed E-state index contributed by atoms with van der Waals surface area (Å²) in [6.45, 7) is 4.23. The molecule has 2 aliphatic rings. The van der Waals surface area contributed by atoms with Gasteiger partial charge in [-0.25, -0.2) is 4.79 Å². The van der Waals surface area contributed by atoms with Crippen LogP contribution in [0.5, 0.6) is 0 Å². The second kappa shape index (κ2) is 7.49. The highest BCUT2D eigenvalue weighted by molar-refractivity contribution is 5.85. The summed E-state index contributed by atoms with van der Waals surface area (Å²) in [5.74, 6) is 0.568. The van der Waals surface area contributed by atoms with Crippen LogP contribution in [-0.4, -0.2) is 42.4 Å². The van der Waals surface area contributed by atoms with E-state index in [-0.39, 0.29) is 12.1 Å². The van der Waals surface area contributed by atoms with Crippen LogP contribution in [0.25, 0.3) is 0 Å². The highest BCUT2D eigenvalue weighted by Gasteiger charge is 2.25. The van der Waals surface area contributed by atoms with E-state index in [1.807, 2.05) is 11.0 Å². The standard InChI is InChI=1S/C18H25N3O2/c1-2-16-12-17(23-20-16)13-19-18(22)21-10-8-15(9-11-21)14-6-4-3-5-7-14/h3-7,15,17H,2,8-13H2,1H3,(H,19,22)/t17-/m1/s1. The van der Waals surface area contributed by atoms with E-state index in [1.54, 1.807) is 0 Å². The maximum atomic E-state index is 12.3. The molecule has 124 valence electrons. The van der Waals surface area contributed by atoms with Gasteiger partial charge in [0.1, 0.15) is 6.10 Å². The maximum absolute atomic E-state index is 12.3. The number of rotatable bonds is 4. The lowest BCUT2D eigenvalue weighted by Crippen LogP contribution is -2.46. The van der Waals surface area contributed by atoms with Crippen LogP contribution in [-0.2, 0) is 4.84 Å². The number of oxime groups is 1. The van der Waals surface area contributed by atoms with Crippen molar-refractivity contribution in [2.45, 2.75) is 44.6 Å². The Morgan fingerprint density at radius 2 is 2.04 bits per heavy atom. The number of carbonyl (C=O) groups is 1. The number of hydrogen-bond donors (Lipinski definition) is 1. The largest absolute Gasteiger partial charge is 0.390 e. The van der Waals surface area contributed by atoms with Crippen molar-refractivity contribution in [1.82, 2.24) is 10.2 Å². The summed E-state index contributed by atoms with van der Waals surface area (Å²) in [4.78, 5) is 19.5. The highest BCUT2D eigenvalue weighted by atomic mass is 16.6. The van der Waals surface area contributed by atoms with E-state index in [4.69, 9.17) is 4.84 Å². The van der Waals surface area contributed by atoms with E-state index < -0.39 is 0 Å². The van der Waals surface area contributed by atoms with Crippen molar-refractivity contribution in [3.8, 4) is 0 Å². The van der Waals surface area contributed by atoms with Gasteiger partial charge in [-0.2, -0.15) is 0 Å². The van der Waals surface area contributed by atoms with Gasteiger partial charge in [0.15, 0.2) is 0 Å². The lowest BCUT2D eigenvalue weighted by atomic mass is 9.90. The number of piperidine rings is 1. The number of urea groups is 1. The molecule has 0 bridgehead atoms. The number of hydrogen-bond acceptors (Lipinski definition) is 3. The third kappa shape index (κ3) is 4.03. The van der Waals surface area contributed by atoms with Crippen molar-refractivity contribution in [3.63, 3.8) is 0 Å². The smallest absolute Gasteiger partial charge is 0.317 e. The first-order valence-corrected chi connectivity index (χ1v) is 8.55. The number of amides is 2. The van der Waals surface area contributed by atoms with Crippen molar-refractivity contribution in [2.24, 2.45) is 5.16 Å². The number of likely N-dealkylation sites (tertiary alicyclic amines) is 1. The first-order chi connectivity index (χ1) is 11.3. The molecule has 23 heavy (non-hydrogen) atoms. The predicted octanol–water partition coefficient (Wildman–Crippen LogP) is 3.13. The first kappa shape index (κ1) is 15.8. The topological polar surface area (TPSA) is 53.9 Å². The predicted molar refractivity (Wildman–Crippen MR) is 90.6 cm³/mol. The Morgan fingerprint density at radius 3 is 2.70 bits per heavy atom. The summed E-state index contributed by atoms with van der Waals surface area (Å²) >= 11 is 0. The molecule has 2 aliphatic heterocycles. The number of nitrogens with zero attached hydrogens (tertiary/aromatic N) is 2. The summed E-state index contributed by atoms with van der Waals surface area (Å²) in [5.41, 5.74) is 2.46. The Bertz CT molecular complexity index is 551. The molecule has 1 atom stereocenters. The minimum atomic E-state index is -0.00393. The molecular formula is C18H25N3O2. The van der Waals surface area contributed by atoms with Crippen LogP contribution in [0.4, 0.5) is 4.79 Å². The van der Waals surface area contributed by atoms with E-state index in [0.29, 0.717) is 12.5 Å². The van der Waals surface area contributed by atoms with Crippen LogP contribution in [0.3, 0.4) is 0 Å². The van der Waals surface area contributed by atoms with Crippen molar-refractivity contribution in [3.05, 3.63) is 35.9 Å². The highest BCUT2D eigenvalue weighted by Crippen LogP contribution is 2.27. The van der Waals surface area contributed by atoms with Gasteiger partial charge in [-0.1, -0.05) is 42.4 Å². The lowest BCUT2D eigenvalue weighted by molar-refractivity contribution is 0.0842. The van der Waals surface area contributed by atoms with Crippen molar-refractivity contribution >= 4 is 11.7 Å². The summed E-state index contributed by atoms with van der Waals surface area (Å²) in [6, 6.07) is 10.6. The number of benzene rings is 1. The number of carbonyl (C=O) groups excluding carboxylic acids is 1. The Labute approximate surface area is 137 Å². The van der Waals surface area contributed by atoms with Gasteiger partial charge in [0.05, 0.1) is 12.3 Å². The quantitative estimate of drug-likeness (QED) is 0.928. The van der Waals surface area contributed by atoms with Gasteiger partial charge in [-0.3, -0.25) is 0 Å². The van der Waals surface area contributed by atoms with Gasteiger partial charge >= 0.3 is 6.03 Å². The minimum absolute atomic E-state index is 0.00393. The minimum Gasteiger partial charge on any atom is -0.390 e. The molecule has 5 nitrogen and oxygen atoms in total. The molecule has 1 aromatic rings. The first-order valence-electron chi connectivity index (χ1n) is 8.55. The van der Waals surface area contributed by atoms with Crippen LogP contribution in [0.2, 0.25) is 0 Å². The average molecular weight is 315 g/mol. The van der Waals surface area contributed by atoms with Gasteiger partial charge in [-0.15, -0.1) is 0 Å². The second-order valence-electron chi connectivity index (χ2n) is 6.30. The normalized spacial score (nSPS) is 21.7. The maximum Gasteiger partial charge on any atom is 0.317 e. The van der Waals surface area contributed by atoms with Crippen LogP contribution < -0.4 is 5.32 Å². The molecule has 1 fully saturated rings. The molecule has 5 heteroatoms. The third-order valence-corrected chi connectivity index (χ3v) is 4.74. The monoisotopic (exact) mass is 315 g/mol. The molecule has 0 unspecified atom stereocenters. The number of nitrogens with one attached hydrogen (secondary N) is 1. The lowest BCUT2D eigenvalue weighted by Gasteiger charge is -2.32. The fourth-order valence-electron chi connectivity index (χ4n) is 3.26. The van der Waals surface area contributed by atoms with E-state index in [1.165, 1.54) is 5.56 Å². The SMILES string of the molecule is CCC1=NO[C@@H](CNC(=O)N2CCC(c3ccccc3)CC2)C1. The van der Waals surface area contributed by atoms with Crippen LogP contribution in [0.1, 0.15) is 44.1 Å². The summed E-state index contributed by atoms with van der Waals surface area (Å²) < 4.78 is 0. The molecule has 1 N–H and O–H groups in total. The molecule has 2 heterocycles. The Morgan fingerprint density at radius 1 is 1.30 bits per heavy atom. The van der Waals surface area contributed by atoms with E-state index >= 15 is 0 Å². The fraction of sp³-hybridized carbons (Fsp3) is 0.556. The molecular weight excluding hydrogens is 290 g/mol. The van der Waals surface area contributed by atoms with Crippen molar-refractivity contribution in [1.29, 1.82) is 0 Å². The van der Waals surface area contributed by atoms with E-state index in [9.17, 15) is 4.79 Å². The molecule has 0 aromatic heterocycles.